The van der Waals surface area contributed by atoms with Crippen LogP contribution >= 0.6 is 0 Å². The number of likely N-dealkylation sites (N-methyl/N-ethyl adjacent to an activating group) is 1. The van der Waals surface area contributed by atoms with Gasteiger partial charge in [-0.3, -0.25) is 4.90 Å². The normalized spacial score (nSPS) is 18.7. The summed E-state index contributed by atoms with van der Waals surface area (Å²) in [5.41, 5.74) is 0.0862. The fourth-order valence-electron chi connectivity index (χ4n) is 2.51. The highest BCUT2D eigenvalue weighted by molar-refractivity contribution is 5.28. The fourth-order valence-corrected chi connectivity index (χ4v) is 2.51. The molecule has 2 rings (SSSR count). The zero-order chi connectivity index (χ0) is 15.3. The molecule has 1 aliphatic rings. The molecule has 1 aromatic rings. The van der Waals surface area contributed by atoms with Gasteiger partial charge in [-0.05, 0) is 24.2 Å². The number of nitrogens with zero attached hydrogens (tertiary/aromatic N) is 1. The number of alkyl halides is 3. The number of hydrogen-bond donors (Lipinski definition) is 1. The van der Waals surface area contributed by atoms with E-state index in [1.54, 1.807) is 6.07 Å². The highest BCUT2D eigenvalue weighted by Crippen LogP contribution is 2.31. The van der Waals surface area contributed by atoms with Gasteiger partial charge < -0.3 is 10.1 Å². The Balaban J connectivity index is 2.13. The molecule has 1 unspecified atom stereocenters. The monoisotopic (exact) mass is 302 g/mol. The van der Waals surface area contributed by atoms with Crippen molar-refractivity contribution < 1.29 is 17.9 Å². The molecule has 1 saturated heterocycles. The van der Waals surface area contributed by atoms with Crippen molar-refractivity contribution in [3.63, 3.8) is 0 Å². The van der Waals surface area contributed by atoms with Gasteiger partial charge in [0.25, 0.3) is 0 Å². The zero-order valence-electron chi connectivity index (χ0n) is 12.1. The lowest BCUT2D eigenvalue weighted by molar-refractivity contribution is -0.137. The Bertz CT molecular complexity index is 445. The van der Waals surface area contributed by atoms with Crippen molar-refractivity contribution in [3.05, 3.63) is 35.4 Å². The summed E-state index contributed by atoms with van der Waals surface area (Å²) in [6, 6.07) is 5.48. The quantitative estimate of drug-likeness (QED) is 0.905. The van der Waals surface area contributed by atoms with E-state index in [2.05, 4.69) is 10.2 Å². The van der Waals surface area contributed by atoms with Crippen LogP contribution in [0.5, 0.6) is 0 Å². The Hall–Kier alpha value is -1.11. The third kappa shape index (κ3) is 4.69. The summed E-state index contributed by atoms with van der Waals surface area (Å²) in [7, 11) is 0. The van der Waals surface area contributed by atoms with Crippen LogP contribution in [0.4, 0.5) is 13.2 Å². The average molecular weight is 302 g/mol. The van der Waals surface area contributed by atoms with Crippen LogP contribution in [0.3, 0.4) is 0 Å². The van der Waals surface area contributed by atoms with E-state index < -0.39 is 11.7 Å². The molecule has 1 aliphatic heterocycles. The summed E-state index contributed by atoms with van der Waals surface area (Å²) in [6.45, 7) is 6.37. The molecule has 1 fully saturated rings. The van der Waals surface area contributed by atoms with Gasteiger partial charge in [-0.2, -0.15) is 13.2 Å². The second kappa shape index (κ2) is 7.24. The van der Waals surface area contributed by atoms with Crippen LogP contribution in [0.15, 0.2) is 24.3 Å². The number of morpholine rings is 1. The number of halogens is 3. The minimum atomic E-state index is -4.30. The maximum Gasteiger partial charge on any atom is 0.416 e. The summed E-state index contributed by atoms with van der Waals surface area (Å²) in [5, 5.41) is 3.28. The van der Waals surface area contributed by atoms with Gasteiger partial charge in [0.2, 0.25) is 0 Å². The van der Waals surface area contributed by atoms with Gasteiger partial charge in [0.15, 0.2) is 0 Å². The molecule has 0 aromatic heterocycles. The molecule has 0 spiro atoms. The van der Waals surface area contributed by atoms with Gasteiger partial charge in [0.1, 0.15) is 0 Å². The van der Waals surface area contributed by atoms with Crippen molar-refractivity contribution in [2.45, 2.75) is 19.1 Å². The Kier molecular flexibility index (Phi) is 5.61. The van der Waals surface area contributed by atoms with Gasteiger partial charge in [0.05, 0.1) is 18.8 Å². The van der Waals surface area contributed by atoms with Gasteiger partial charge in [-0.15, -0.1) is 0 Å². The minimum absolute atomic E-state index is 0.101. The lowest BCUT2D eigenvalue weighted by Crippen LogP contribution is -2.41. The lowest BCUT2D eigenvalue weighted by Gasteiger charge is -2.31. The summed E-state index contributed by atoms with van der Waals surface area (Å²) >= 11 is 0. The van der Waals surface area contributed by atoms with Crippen molar-refractivity contribution >= 4 is 0 Å². The molecule has 0 saturated carbocycles. The number of hydrogen-bond acceptors (Lipinski definition) is 3. The van der Waals surface area contributed by atoms with Crippen molar-refractivity contribution in [3.8, 4) is 0 Å². The molecule has 1 N–H and O–H groups in total. The van der Waals surface area contributed by atoms with E-state index in [-0.39, 0.29) is 6.04 Å². The second-order valence-corrected chi connectivity index (χ2v) is 5.15. The third-order valence-corrected chi connectivity index (χ3v) is 3.61. The third-order valence-electron chi connectivity index (χ3n) is 3.61. The molecule has 21 heavy (non-hydrogen) atoms. The van der Waals surface area contributed by atoms with Gasteiger partial charge in [0, 0.05) is 25.7 Å². The first-order chi connectivity index (χ1) is 10.0. The van der Waals surface area contributed by atoms with Crippen LogP contribution < -0.4 is 5.32 Å². The maximum absolute atomic E-state index is 12.8. The Morgan fingerprint density at radius 2 is 2.00 bits per heavy atom. The van der Waals surface area contributed by atoms with E-state index >= 15 is 0 Å². The van der Waals surface area contributed by atoms with E-state index in [1.807, 2.05) is 6.92 Å². The van der Waals surface area contributed by atoms with Crippen LogP contribution in [0.2, 0.25) is 0 Å². The maximum atomic E-state index is 12.8. The second-order valence-electron chi connectivity index (χ2n) is 5.15. The molecule has 3 nitrogen and oxygen atoms in total. The molecule has 1 aromatic carbocycles. The van der Waals surface area contributed by atoms with Gasteiger partial charge >= 0.3 is 6.18 Å². The van der Waals surface area contributed by atoms with Crippen molar-refractivity contribution in [1.29, 1.82) is 0 Å². The van der Waals surface area contributed by atoms with Crippen LogP contribution in [-0.4, -0.2) is 44.3 Å². The Labute approximate surface area is 123 Å². The number of rotatable bonds is 5. The van der Waals surface area contributed by atoms with Crippen molar-refractivity contribution in [1.82, 2.24) is 10.2 Å². The molecule has 0 bridgehead atoms. The topological polar surface area (TPSA) is 24.5 Å². The van der Waals surface area contributed by atoms with E-state index in [1.165, 1.54) is 12.1 Å². The first kappa shape index (κ1) is 16.3. The first-order valence-electron chi connectivity index (χ1n) is 7.21. The van der Waals surface area contributed by atoms with E-state index in [0.717, 1.165) is 19.2 Å². The first-order valence-corrected chi connectivity index (χ1v) is 7.21. The minimum Gasteiger partial charge on any atom is -0.379 e. The van der Waals surface area contributed by atoms with Crippen molar-refractivity contribution in [2.24, 2.45) is 0 Å². The van der Waals surface area contributed by atoms with Crippen LogP contribution in [-0.2, 0) is 10.9 Å². The molecule has 0 aliphatic carbocycles. The summed E-state index contributed by atoms with van der Waals surface area (Å²) in [4.78, 5) is 2.22. The Morgan fingerprint density at radius 1 is 1.29 bits per heavy atom. The van der Waals surface area contributed by atoms with Crippen LogP contribution in [0.1, 0.15) is 24.1 Å². The standard InChI is InChI=1S/C15H21F3N2O/c1-2-19-14(11-20-6-8-21-9-7-20)12-4-3-5-13(10-12)15(16,17)18/h3-5,10,14,19H,2,6-9,11H2,1H3. The summed E-state index contributed by atoms with van der Waals surface area (Å²) in [5.74, 6) is 0. The number of ether oxygens (including phenoxy) is 1. The Morgan fingerprint density at radius 3 is 2.62 bits per heavy atom. The molecule has 1 atom stereocenters. The molecular formula is C15H21F3N2O. The van der Waals surface area contributed by atoms with E-state index in [0.29, 0.717) is 31.9 Å². The fraction of sp³-hybridized carbons (Fsp3) is 0.600. The molecule has 118 valence electrons. The van der Waals surface area contributed by atoms with Crippen molar-refractivity contribution in [2.75, 3.05) is 39.4 Å². The molecule has 6 heteroatoms. The van der Waals surface area contributed by atoms with Crippen LogP contribution in [0, 0.1) is 0 Å². The SMILES string of the molecule is CCNC(CN1CCOCC1)c1cccc(C(F)(F)F)c1. The predicted octanol–water partition coefficient (Wildman–Crippen LogP) is 2.69. The highest BCUT2D eigenvalue weighted by Gasteiger charge is 2.31. The van der Waals surface area contributed by atoms with E-state index in [4.69, 9.17) is 4.74 Å². The molecule has 0 radical (unpaired) electrons. The summed E-state index contributed by atoms with van der Waals surface area (Å²) < 4.78 is 43.8. The largest absolute Gasteiger partial charge is 0.416 e. The molecule has 0 amide bonds. The predicted molar refractivity (Wildman–Crippen MR) is 75.1 cm³/mol. The van der Waals surface area contributed by atoms with E-state index in [9.17, 15) is 13.2 Å². The zero-order valence-corrected chi connectivity index (χ0v) is 12.1. The lowest BCUT2D eigenvalue weighted by atomic mass is 10.0. The highest BCUT2D eigenvalue weighted by atomic mass is 19.4. The number of benzene rings is 1. The summed E-state index contributed by atoms with van der Waals surface area (Å²) in [6.07, 6.45) is -4.30. The number of nitrogens with one attached hydrogen (secondary N) is 1. The van der Waals surface area contributed by atoms with Crippen LogP contribution in [0.25, 0.3) is 0 Å². The molecular weight excluding hydrogens is 281 g/mol. The smallest absolute Gasteiger partial charge is 0.379 e. The van der Waals surface area contributed by atoms with Gasteiger partial charge in [-0.1, -0.05) is 19.1 Å². The average Bonchev–Trinajstić information content (AvgIpc) is 2.47. The molecule has 1 heterocycles. The van der Waals surface area contributed by atoms with Gasteiger partial charge in [-0.25, -0.2) is 0 Å².